The molecule has 0 fully saturated rings. The molecule has 1 amide bonds. The van der Waals surface area contributed by atoms with Crippen LogP contribution < -0.4 is 5.32 Å². The molecule has 32 heavy (non-hydrogen) atoms. The summed E-state index contributed by atoms with van der Waals surface area (Å²) in [5.74, 6) is -3.55. The summed E-state index contributed by atoms with van der Waals surface area (Å²) in [6.45, 7) is 0. The highest BCUT2D eigenvalue weighted by Crippen LogP contribution is 2.41. The van der Waals surface area contributed by atoms with Crippen molar-refractivity contribution in [1.82, 2.24) is 5.32 Å². The molecule has 0 saturated heterocycles. The first-order chi connectivity index (χ1) is 15.4. The Labute approximate surface area is 194 Å². The zero-order valence-corrected chi connectivity index (χ0v) is 18.8. The van der Waals surface area contributed by atoms with Gasteiger partial charge in [0.05, 0.1) is 36.5 Å². The molecule has 0 saturated carbocycles. The summed E-state index contributed by atoms with van der Waals surface area (Å²) in [7, 11) is 2.46. The van der Waals surface area contributed by atoms with Crippen LogP contribution >= 0.6 is 23.4 Å². The molecule has 1 aliphatic rings. The maximum absolute atomic E-state index is 12.9. The lowest BCUT2D eigenvalue weighted by atomic mass is 9.78. The maximum atomic E-state index is 12.9. The predicted octanol–water partition coefficient (Wildman–Crippen LogP) is 3.80. The molecule has 2 aromatic rings. The number of nitrogens with one attached hydrogen (secondary N) is 1. The molecule has 0 bridgehead atoms. The Morgan fingerprint density at radius 2 is 1.81 bits per heavy atom. The molecule has 1 aliphatic heterocycles. The van der Waals surface area contributed by atoms with Crippen molar-refractivity contribution in [3.05, 3.63) is 80.8 Å². The van der Waals surface area contributed by atoms with Crippen molar-refractivity contribution in [2.45, 2.75) is 11.7 Å². The molecular weight excluding hydrogens is 452 g/mol. The number of hydrogen-bond acceptors (Lipinski definition) is 7. The van der Waals surface area contributed by atoms with Crippen molar-refractivity contribution < 1.29 is 23.9 Å². The minimum absolute atomic E-state index is 0.225. The average molecular weight is 471 g/mol. The molecule has 2 aromatic carbocycles. The fourth-order valence-electron chi connectivity index (χ4n) is 3.39. The molecule has 0 aliphatic carbocycles. The van der Waals surface area contributed by atoms with E-state index >= 15 is 0 Å². The number of benzene rings is 2. The number of hydrogen-bond donors (Lipinski definition) is 1. The number of allylic oxidation sites excluding steroid dienone is 1. The van der Waals surface area contributed by atoms with Crippen LogP contribution in [0.4, 0.5) is 0 Å². The quantitative estimate of drug-likeness (QED) is 0.505. The highest BCUT2D eigenvalue weighted by molar-refractivity contribution is 8.02. The van der Waals surface area contributed by atoms with Crippen molar-refractivity contribution in [3.63, 3.8) is 0 Å². The predicted molar refractivity (Wildman–Crippen MR) is 120 cm³/mol. The van der Waals surface area contributed by atoms with E-state index in [9.17, 15) is 19.6 Å². The van der Waals surface area contributed by atoms with Crippen LogP contribution in [-0.4, -0.2) is 32.1 Å². The Morgan fingerprint density at radius 1 is 1.12 bits per heavy atom. The monoisotopic (exact) mass is 470 g/mol. The smallest absolute Gasteiger partial charge is 0.337 e. The summed E-state index contributed by atoms with van der Waals surface area (Å²) in [5, 5.41) is 13.6. The molecule has 0 radical (unpaired) electrons. The summed E-state index contributed by atoms with van der Waals surface area (Å²) < 4.78 is 9.54. The van der Waals surface area contributed by atoms with Gasteiger partial charge in [-0.1, -0.05) is 41.9 Å². The molecule has 1 heterocycles. The Bertz CT molecular complexity index is 1120. The van der Waals surface area contributed by atoms with Gasteiger partial charge in [0.15, 0.2) is 0 Å². The van der Waals surface area contributed by atoms with Gasteiger partial charge in [0, 0.05) is 16.7 Å². The third-order valence-corrected chi connectivity index (χ3v) is 6.44. The van der Waals surface area contributed by atoms with Crippen molar-refractivity contribution in [3.8, 4) is 6.07 Å². The zero-order chi connectivity index (χ0) is 23.3. The van der Waals surface area contributed by atoms with E-state index in [4.69, 9.17) is 21.1 Å². The Morgan fingerprint density at radius 3 is 2.41 bits per heavy atom. The standard InChI is InChI=1S/C23H19ClN2O5S/c1-30-22(28)14-9-7-13(8-10-14)18-16(11-25)21(26-20(27)19(18)23(29)31-2)32-12-15-5-3-4-6-17(15)24/h3-10,18-19H,12H2,1-2H3,(H,26,27)/t18-,19-/m1/s1. The highest BCUT2D eigenvalue weighted by atomic mass is 35.5. The number of nitriles is 1. The van der Waals surface area contributed by atoms with Crippen molar-refractivity contribution in [2.24, 2.45) is 5.92 Å². The number of halogens is 1. The largest absolute Gasteiger partial charge is 0.468 e. The number of esters is 2. The zero-order valence-electron chi connectivity index (χ0n) is 17.3. The molecule has 1 N–H and O–H groups in total. The maximum Gasteiger partial charge on any atom is 0.337 e. The minimum atomic E-state index is -1.25. The van der Waals surface area contributed by atoms with E-state index in [1.165, 1.54) is 38.1 Å². The van der Waals surface area contributed by atoms with Crippen LogP contribution in [0.15, 0.2) is 59.1 Å². The van der Waals surface area contributed by atoms with Crippen LogP contribution in [0.1, 0.15) is 27.4 Å². The second-order valence-corrected chi connectivity index (χ2v) is 8.21. The van der Waals surface area contributed by atoms with E-state index in [0.29, 0.717) is 26.9 Å². The lowest BCUT2D eigenvalue weighted by Gasteiger charge is -2.31. The van der Waals surface area contributed by atoms with Gasteiger partial charge in [-0.3, -0.25) is 9.59 Å². The Hall–Kier alpha value is -3.28. The summed E-state index contributed by atoms with van der Waals surface area (Å²) in [5.41, 5.74) is 1.90. The van der Waals surface area contributed by atoms with Crippen LogP contribution in [0.25, 0.3) is 0 Å². The van der Waals surface area contributed by atoms with Gasteiger partial charge in [-0.25, -0.2) is 4.79 Å². The van der Waals surface area contributed by atoms with Gasteiger partial charge in [-0.05, 0) is 29.3 Å². The summed E-state index contributed by atoms with van der Waals surface area (Å²) in [4.78, 5) is 37.1. The minimum Gasteiger partial charge on any atom is -0.468 e. The summed E-state index contributed by atoms with van der Waals surface area (Å²) >= 11 is 7.47. The highest BCUT2D eigenvalue weighted by Gasteiger charge is 2.44. The Balaban J connectivity index is 2.03. The topological polar surface area (TPSA) is 105 Å². The molecule has 0 unspecified atom stereocenters. The first-order valence-corrected chi connectivity index (χ1v) is 10.8. The first kappa shape index (κ1) is 23.4. The molecule has 2 atom stereocenters. The van der Waals surface area contributed by atoms with Crippen LogP contribution in [0.5, 0.6) is 0 Å². The molecule has 0 spiro atoms. The van der Waals surface area contributed by atoms with Gasteiger partial charge in [0.2, 0.25) is 5.91 Å². The van der Waals surface area contributed by atoms with Crippen molar-refractivity contribution in [2.75, 3.05) is 14.2 Å². The SMILES string of the molecule is COC(=O)c1ccc([C@@H]2C(C#N)=C(SCc3ccccc3Cl)NC(=O)[C@@H]2C(=O)OC)cc1. The van der Waals surface area contributed by atoms with Crippen LogP contribution in [0, 0.1) is 17.2 Å². The second-order valence-electron chi connectivity index (χ2n) is 6.82. The van der Waals surface area contributed by atoms with Crippen molar-refractivity contribution >= 4 is 41.2 Å². The van der Waals surface area contributed by atoms with Crippen LogP contribution in [-0.2, 0) is 24.8 Å². The molecule has 164 valence electrons. The van der Waals surface area contributed by atoms with Crippen LogP contribution in [0.3, 0.4) is 0 Å². The summed E-state index contributed by atoms with van der Waals surface area (Å²) in [6, 6.07) is 15.7. The molecular formula is C23H19ClN2O5S. The number of nitrogens with zero attached hydrogens (tertiary/aromatic N) is 1. The van der Waals surface area contributed by atoms with Gasteiger partial charge < -0.3 is 14.8 Å². The van der Waals surface area contributed by atoms with Gasteiger partial charge in [0.1, 0.15) is 5.92 Å². The summed E-state index contributed by atoms with van der Waals surface area (Å²) in [6.07, 6.45) is 0. The van der Waals surface area contributed by atoms with E-state index in [2.05, 4.69) is 11.4 Å². The average Bonchev–Trinajstić information content (AvgIpc) is 2.82. The number of methoxy groups -OCH3 is 2. The van der Waals surface area contributed by atoms with E-state index in [-0.39, 0.29) is 5.57 Å². The number of thioether (sulfide) groups is 1. The normalized spacial score (nSPS) is 17.9. The number of ether oxygens (including phenoxy) is 2. The lowest BCUT2D eigenvalue weighted by Crippen LogP contribution is -2.44. The Kier molecular flexibility index (Phi) is 7.57. The van der Waals surface area contributed by atoms with E-state index in [0.717, 1.165) is 5.56 Å². The number of carbonyl (C=O) groups excluding carboxylic acids is 3. The fraction of sp³-hybridized carbons (Fsp3) is 0.217. The molecule has 3 rings (SSSR count). The third-order valence-electron chi connectivity index (χ3n) is 5.00. The van der Waals surface area contributed by atoms with Gasteiger partial charge >= 0.3 is 11.9 Å². The number of amides is 1. The number of rotatable bonds is 6. The van der Waals surface area contributed by atoms with E-state index in [1.807, 2.05) is 18.2 Å². The molecule has 0 aromatic heterocycles. The molecule has 9 heteroatoms. The van der Waals surface area contributed by atoms with Crippen LogP contribution in [0.2, 0.25) is 5.02 Å². The van der Waals surface area contributed by atoms with Gasteiger partial charge in [-0.2, -0.15) is 5.26 Å². The van der Waals surface area contributed by atoms with Gasteiger partial charge in [-0.15, -0.1) is 11.8 Å². The lowest BCUT2D eigenvalue weighted by molar-refractivity contribution is -0.150. The van der Waals surface area contributed by atoms with E-state index in [1.54, 1.807) is 18.2 Å². The number of carbonyl (C=O) groups is 3. The molecule has 7 nitrogen and oxygen atoms in total. The second kappa shape index (κ2) is 10.4. The van der Waals surface area contributed by atoms with Crippen molar-refractivity contribution in [1.29, 1.82) is 5.26 Å². The first-order valence-electron chi connectivity index (χ1n) is 9.48. The van der Waals surface area contributed by atoms with E-state index < -0.39 is 29.7 Å². The third kappa shape index (κ3) is 4.79. The van der Waals surface area contributed by atoms with Gasteiger partial charge in [0.25, 0.3) is 0 Å². The fourth-order valence-corrected chi connectivity index (χ4v) is 4.72.